The predicted molar refractivity (Wildman–Crippen MR) is 171 cm³/mol. The number of hydrogen-bond acceptors (Lipinski definition) is 7. The van der Waals surface area contributed by atoms with Crippen molar-refractivity contribution in [3.8, 4) is 22.6 Å². The average Bonchev–Trinajstić information content (AvgIpc) is 3.78. The first-order valence-electron chi connectivity index (χ1n) is 14.0. The van der Waals surface area contributed by atoms with Gasteiger partial charge in [0, 0.05) is 55.2 Å². The first-order valence-corrected chi connectivity index (χ1v) is 14.9. The minimum atomic E-state index is -0.687. The number of ether oxygens (including phenoxy) is 2. The molecule has 5 aromatic rings. The molecular weight excluding hydrogens is 570 g/mol. The van der Waals surface area contributed by atoms with Gasteiger partial charge in [0.05, 0.1) is 59.2 Å². The Morgan fingerprint density at radius 2 is 2.02 bits per heavy atom. The van der Waals surface area contributed by atoms with Crippen LogP contribution in [0.4, 0.5) is 8.78 Å². The van der Waals surface area contributed by atoms with Crippen LogP contribution in [0.15, 0.2) is 73.0 Å². The molecule has 8 nitrogen and oxygen atoms in total. The van der Waals surface area contributed by atoms with Gasteiger partial charge in [0.25, 0.3) is 0 Å². The second kappa shape index (κ2) is 15.3. The van der Waals surface area contributed by atoms with Crippen LogP contribution in [0.3, 0.4) is 0 Å². The third kappa shape index (κ3) is 7.24. The summed E-state index contributed by atoms with van der Waals surface area (Å²) in [7, 11) is 3.54. The molecule has 1 aromatic carbocycles. The van der Waals surface area contributed by atoms with Crippen LogP contribution < -0.4 is 5.32 Å². The number of rotatable bonds is 8. The lowest BCUT2D eigenvalue weighted by molar-refractivity contribution is 0.124. The van der Waals surface area contributed by atoms with Gasteiger partial charge in [-0.3, -0.25) is 9.36 Å². The number of methoxy groups -OCH3 is 1. The Labute approximate surface area is 254 Å². The maximum absolute atomic E-state index is 14.5. The SMILES string of the molecule is C=COCCOC.CC.Cn1ncc2cc(-c3nc(-c4cc5n(n4)CCNC5)c(C=C(F)/C=C/F)c4ccsc34)ccc21. The van der Waals surface area contributed by atoms with Gasteiger partial charge in [0.15, 0.2) is 0 Å². The minimum absolute atomic E-state index is 0.197. The second-order valence-corrected chi connectivity index (χ2v) is 10.1. The number of benzene rings is 1. The number of hydrogen-bond donors (Lipinski definition) is 1. The lowest BCUT2D eigenvalue weighted by Gasteiger charge is -2.13. The summed E-state index contributed by atoms with van der Waals surface area (Å²) in [5.74, 6) is -0.687. The van der Waals surface area contributed by atoms with Crippen LogP contribution in [0.5, 0.6) is 0 Å². The largest absolute Gasteiger partial charge is 0.499 e. The average molecular weight is 607 g/mol. The Morgan fingerprint density at radius 1 is 1.19 bits per heavy atom. The fourth-order valence-corrected chi connectivity index (χ4v) is 5.59. The maximum atomic E-state index is 14.5. The van der Waals surface area contributed by atoms with Gasteiger partial charge in [-0.15, -0.1) is 11.3 Å². The molecule has 0 atom stereocenters. The van der Waals surface area contributed by atoms with E-state index in [1.807, 2.05) is 66.1 Å². The number of halogens is 2. The molecule has 1 N–H and O–H groups in total. The van der Waals surface area contributed by atoms with Crippen LogP contribution in [-0.2, 0) is 29.6 Å². The van der Waals surface area contributed by atoms with Crippen molar-refractivity contribution in [2.75, 3.05) is 26.9 Å². The highest BCUT2D eigenvalue weighted by Crippen LogP contribution is 2.39. The summed E-state index contributed by atoms with van der Waals surface area (Å²) in [6, 6.07) is 10.1. The van der Waals surface area contributed by atoms with Gasteiger partial charge in [-0.1, -0.05) is 26.5 Å². The van der Waals surface area contributed by atoms with Crippen LogP contribution >= 0.6 is 11.3 Å². The van der Waals surface area contributed by atoms with Gasteiger partial charge >= 0.3 is 0 Å². The fourth-order valence-electron chi connectivity index (χ4n) is 4.67. The van der Waals surface area contributed by atoms with Crippen molar-refractivity contribution in [1.82, 2.24) is 29.9 Å². The monoisotopic (exact) mass is 606 g/mol. The number of nitrogens with zero attached hydrogens (tertiary/aromatic N) is 5. The van der Waals surface area contributed by atoms with Crippen molar-refractivity contribution < 1.29 is 18.3 Å². The lowest BCUT2D eigenvalue weighted by atomic mass is 10.0. The molecule has 0 saturated carbocycles. The van der Waals surface area contributed by atoms with E-state index in [2.05, 4.69) is 27.8 Å². The third-order valence-electron chi connectivity index (χ3n) is 6.61. The Morgan fingerprint density at radius 3 is 2.77 bits per heavy atom. The van der Waals surface area contributed by atoms with Crippen molar-refractivity contribution in [2.24, 2.45) is 7.05 Å². The van der Waals surface area contributed by atoms with Crippen LogP contribution in [0, 0.1) is 0 Å². The van der Waals surface area contributed by atoms with Crippen LogP contribution in [-0.4, -0.2) is 51.4 Å². The van der Waals surface area contributed by atoms with Gasteiger partial charge in [-0.2, -0.15) is 10.2 Å². The van der Waals surface area contributed by atoms with Crippen LogP contribution in [0.25, 0.3) is 49.7 Å². The first-order chi connectivity index (χ1) is 21.0. The summed E-state index contributed by atoms with van der Waals surface area (Å²) in [5.41, 5.74) is 5.64. The summed E-state index contributed by atoms with van der Waals surface area (Å²) in [4.78, 5) is 5.04. The molecule has 0 fully saturated rings. The molecule has 0 unspecified atom stereocenters. The highest BCUT2D eigenvalue weighted by atomic mass is 32.1. The van der Waals surface area contributed by atoms with Gasteiger partial charge in [-0.25, -0.2) is 13.8 Å². The van der Waals surface area contributed by atoms with Crippen molar-refractivity contribution in [2.45, 2.75) is 26.9 Å². The predicted octanol–water partition coefficient (Wildman–Crippen LogP) is 7.43. The molecule has 0 radical (unpaired) electrons. The molecule has 226 valence electrons. The molecule has 0 amide bonds. The summed E-state index contributed by atoms with van der Waals surface area (Å²) in [5, 5.41) is 16.3. The zero-order chi connectivity index (χ0) is 30.8. The number of nitrogens with one attached hydrogen (secondary N) is 1. The van der Waals surface area contributed by atoms with Crippen molar-refractivity contribution in [3.63, 3.8) is 0 Å². The number of aryl methyl sites for hydroxylation is 1. The van der Waals surface area contributed by atoms with E-state index in [4.69, 9.17) is 14.8 Å². The lowest BCUT2D eigenvalue weighted by Crippen LogP contribution is -2.28. The number of thiophene rings is 1. The number of pyridine rings is 1. The van der Waals surface area contributed by atoms with Gasteiger partial charge in [0.2, 0.25) is 0 Å². The van der Waals surface area contributed by atoms with E-state index in [0.717, 1.165) is 57.1 Å². The molecule has 6 rings (SSSR count). The van der Waals surface area contributed by atoms with Crippen molar-refractivity contribution in [1.29, 1.82) is 0 Å². The Kier molecular flexibility index (Phi) is 11.3. The quantitative estimate of drug-likeness (QED) is 0.112. The Balaban J connectivity index is 0.000000416. The molecular formula is C32H36F2N6O2S. The van der Waals surface area contributed by atoms with E-state index in [0.29, 0.717) is 36.7 Å². The van der Waals surface area contributed by atoms with E-state index in [-0.39, 0.29) is 6.33 Å². The number of allylic oxidation sites excluding steroid dienone is 2. The Hall–Kier alpha value is -4.19. The van der Waals surface area contributed by atoms with Gasteiger partial charge in [0.1, 0.15) is 18.1 Å². The van der Waals surface area contributed by atoms with E-state index < -0.39 is 5.83 Å². The molecule has 0 bridgehead atoms. The van der Waals surface area contributed by atoms with Gasteiger partial charge < -0.3 is 14.8 Å². The molecule has 4 aromatic heterocycles. The number of aromatic nitrogens is 5. The molecule has 0 aliphatic carbocycles. The minimum Gasteiger partial charge on any atom is -0.499 e. The topological polar surface area (TPSA) is 79.0 Å². The smallest absolute Gasteiger partial charge is 0.126 e. The van der Waals surface area contributed by atoms with Crippen molar-refractivity contribution >= 4 is 38.4 Å². The van der Waals surface area contributed by atoms with Crippen LogP contribution in [0.2, 0.25) is 0 Å². The molecule has 0 spiro atoms. The van der Waals surface area contributed by atoms with E-state index in [1.165, 1.54) is 12.3 Å². The zero-order valence-electron chi connectivity index (χ0n) is 24.8. The normalized spacial score (nSPS) is 12.9. The summed E-state index contributed by atoms with van der Waals surface area (Å²) in [6.45, 7) is 10.9. The third-order valence-corrected chi connectivity index (χ3v) is 7.53. The molecule has 11 heteroatoms. The molecule has 43 heavy (non-hydrogen) atoms. The highest BCUT2D eigenvalue weighted by molar-refractivity contribution is 7.17. The maximum Gasteiger partial charge on any atom is 0.126 e. The Bertz CT molecular complexity index is 1710. The van der Waals surface area contributed by atoms with E-state index in [9.17, 15) is 8.78 Å². The molecule has 0 saturated heterocycles. The molecule has 5 heterocycles. The van der Waals surface area contributed by atoms with Crippen LogP contribution in [0.1, 0.15) is 25.1 Å². The summed E-state index contributed by atoms with van der Waals surface area (Å²) >= 11 is 1.54. The standard InChI is InChI=1S/C25H20F2N6S.C5H10O2.C2H6/c1-32-22-3-2-15(10-16(22)13-29-32)23-25-19(5-9-34-25)20(11-17(27)4-6-26)24(30-23)21-12-18-14-28-7-8-33(18)31-21;1-3-7-5-4-6-2;1-2/h2-6,9-13,28H,7-8,14H2,1H3;3H,1,4-5H2,2H3;1-2H3/b6-4+,17-11?;;. The number of fused-ring (bicyclic) bond motifs is 3. The van der Waals surface area contributed by atoms with E-state index in [1.54, 1.807) is 18.4 Å². The molecule has 1 aliphatic rings. The molecule has 1 aliphatic heterocycles. The fraction of sp³-hybridized carbons (Fsp3) is 0.281. The summed E-state index contributed by atoms with van der Waals surface area (Å²) in [6.07, 6.45) is 5.56. The van der Waals surface area contributed by atoms with E-state index >= 15 is 0 Å². The second-order valence-electron chi connectivity index (χ2n) is 9.20. The highest BCUT2D eigenvalue weighted by Gasteiger charge is 2.21. The zero-order valence-corrected chi connectivity index (χ0v) is 25.6. The summed E-state index contributed by atoms with van der Waals surface area (Å²) < 4.78 is 41.3. The van der Waals surface area contributed by atoms with Gasteiger partial charge in [-0.05, 0) is 35.7 Å². The van der Waals surface area contributed by atoms with Crippen molar-refractivity contribution in [3.05, 3.63) is 84.2 Å². The first kappa shape index (κ1) is 31.7.